The topological polar surface area (TPSA) is 111 Å². The highest BCUT2D eigenvalue weighted by Gasteiger charge is 2.24. The summed E-state index contributed by atoms with van der Waals surface area (Å²) in [7, 11) is 1.86. The Morgan fingerprint density at radius 1 is 1.34 bits per heavy atom. The van der Waals surface area contributed by atoms with E-state index in [0.29, 0.717) is 28.9 Å². The fourth-order valence-corrected chi connectivity index (χ4v) is 4.55. The van der Waals surface area contributed by atoms with Gasteiger partial charge in [0.2, 0.25) is 5.91 Å². The first-order valence-corrected chi connectivity index (χ1v) is 11.4. The number of nitriles is 1. The molecule has 1 saturated heterocycles. The third-order valence-corrected chi connectivity index (χ3v) is 6.74. The van der Waals surface area contributed by atoms with Gasteiger partial charge in [-0.25, -0.2) is 0 Å². The third kappa shape index (κ3) is 4.40. The molecule has 0 aromatic carbocycles. The summed E-state index contributed by atoms with van der Waals surface area (Å²) in [6.07, 6.45) is 5.52. The van der Waals surface area contributed by atoms with Gasteiger partial charge in [0.1, 0.15) is 11.9 Å². The molecule has 0 radical (unpaired) electrons. The Balaban J connectivity index is 1.47. The molecule has 1 aliphatic heterocycles. The zero-order valence-corrected chi connectivity index (χ0v) is 19.1. The van der Waals surface area contributed by atoms with Crippen molar-refractivity contribution >= 4 is 23.5 Å². The maximum absolute atomic E-state index is 12.8. The van der Waals surface area contributed by atoms with Crippen LogP contribution in [-0.2, 0) is 23.1 Å². The molecule has 10 heteroatoms. The van der Waals surface area contributed by atoms with Gasteiger partial charge < -0.3 is 19.2 Å². The first-order chi connectivity index (χ1) is 15.5. The second-order valence-electron chi connectivity index (χ2n) is 7.73. The fourth-order valence-electron chi connectivity index (χ4n) is 3.84. The molecule has 1 fully saturated rings. The number of aromatic nitrogens is 5. The van der Waals surface area contributed by atoms with Crippen molar-refractivity contribution in [2.45, 2.75) is 44.5 Å². The Hall–Kier alpha value is -3.16. The summed E-state index contributed by atoms with van der Waals surface area (Å²) >= 11 is 1.30. The molecule has 9 nitrogen and oxygen atoms in total. The van der Waals surface area contributed by atoms with Crippen LogP contribution >= 0.6 is 11.8 Å². The molecule has 0 unspecified atom stereocenters. The predicted octanol–water partition coefficient (Wildman–Crippen LogP) is 3.08. The number of nitrogens with zero attached hydrogens (tertiary/aromatic N) is 6. The van der Waals surface area contributed by atoms with Crippen molar-refractivity contribution in [1.82, 2.24) is 24.3 Å². The second-order valence-corrected chi connectivity index (χ2v) is 8.67. The quantitative estimate of drug-likeness (QED) is 0.550. The zero-order chi connectivity index (χ0) is 22.7. The van der Waals surface area contributed by atoms with Gasteiger partial charge in [0, 0.05) is 37.3 Å². The minimum Gasteiger partial charge on any atom is -0.376 e. The Kier molecular flexibility index (Phi) is 6.58. The number of amides is 1. The average molecular weight is 452 g/mol. The SMILES string of the molecule is Cc1c(C#N)c(NC(=O)CSc2nnc(-c3ccncc3)n2C)n(C[C@@H]2CCCO2)c1C. The molecule has 1 amide bonds. The number of thioether (sulfide) groups is 1. The van der Waals surface area contributed by atoms with E-state index in [0.717, 1.165) is 36.3 Å². The average Bonchev–Trinajstić information content (AvgIpc) is 3.50. The van der Waals surface area contributed by atoms with Gasteiger partial charge in [-0.15, -0.1) is 10.2 Å². The van der Waals surface area contributed by atoms with E-state index >= 15 is 0 Å². The van der Waals surface area contributed by atoms with Crippen molar-refractivity contribution in [1.29, 1.82) is 5.26 Å². The highest BCUT2D eigenvalue weighted by molar-refractivity contribution is 7.99. The van der Waals surface area contributed by atoms with Gasteiger partial charge in [0.15, 0.2) is 11.0 Å². The molecule has 4 rings (SSSR count). The highest BCUT2D eigenvalue weighted by Crippen LogP contribution is 2.29. The minimum absolute atomic E-state index is 0.0994. The van der Waals surface area contributed by atoms with Crippen LogP contribution in [0.4, 0.5) is 5.82 Å². The molecule has 0 aliphatic carbocycles. The van der Waals surface area contributed by atoms with Crippen LogP contribution in [0.1, 0.15) is 29.7 Å². The Morgan fingerprint density at radius 2 is 2.12 bits per heavy atom. The van der Waals surface area contributed by atoms with Crippen LogP contribution < -0.4 is 5.32 Å². The number of carbonyl (C=O) groups is 1. The Labute approximate surface area is 190 Å². The van der Waals surface area contributed by atoms with Crippen molar-refractivity contribution in [2.75, 3.05) is 17.7 Å². The van der Waals surface area contributed by atoms with Crippen LogP contribution in [0.2, 0.25) is 0 Å². The molecule has 0 saturated carbocycles. The number of hydrogen-bond donors (Lipinski definition) is 1. The molecule has 166 valence electrons. The fraction of sp³-hybridized carbons (Fsp3) is 0.409. The van der Waals surface area contributed by atoms with Gasteiger partial charge in [-0.1, -0.05) is 11.8 Å². The van der Waals surface area contributed by atoms with Crippen molar-refractivity contribution in [3.63, 3.8) is 0 Å². The molecular weight excluding hydrogens is 426 g/mol. The number of hydrogen-bond acceptors (Lipinski definition) is 7. The Morgan fingerprint density at radius 3 is 2.81 bits per heavy atom. The zero-order valence-electron chi connectivity index (χ0n) is 18.3. The van der Waals surface area contributed by atoms with Gasteiger partial charge in [0.25, 0.3) is 0 Å². The lowest BCUT2D eigenvalue weighted by Crippen LogP contribution is -2.22. The maximum Gasteiger partial charge on any atom is 0.235 e. The normalized spacial score (nSPS) is 15.6. The van der Waals surface area contributed by atoms with E-state index in [1.54, 1.807) is 12.4 Å². The van der Waals surface area contributed by atoms with Crippen LogP contribution in [0.3, 0.4) is 0 Å². The Bertz CT molecular complexity index is 1160. The highest BCUT2D eigenvalue weighted by atomic mass is 32.2. The first kappa shape index (κ1) is 22.0. The van der Waals surface area contributed by atoms with Crippen molar-refractivity contribution in [3.8, 4) is 17.5 Å². The first-order valence-electron chi connectivity index (χ1n) is 10.4. The molecule has 32 heavy (non-hydrogen) atoms. The summed E-state index contributed by atoms with van der Waals surface area (Å²) in [5.41, 5.74) is 3.25. The van der Waals surface area contributed by atoms with E-state index in [4.69, 9.17) is 4.74 Å². The number of anilines is 1. The lowest BCUT2D eigenvalue weighted by Gasteiger charge is -2.16. The molecular formula is C22H25N7O2S. The lowest BCUT2D eigenvalue weighted by molar-refractivity contribution is -0.113. The summed E-state index contributed by atoms with van der Waals surface area (Å²) in [5.74, 6) is 1.19. The summed E-state index contributed by atoms with van der Waals surface area (Å²) in [6, 6.07) is 5.97. The van der Waals surface area contributed by atoms with E-state index in [2.05, 4.69) is 26.6 Å². The molecule has 1 aliphatic rings. The minimum atomic E-state index is -0.203. The van der Waals surface area contributed by atoms with Gasteiger partial charge in [-0.2, -0.15) is 5.26 Å². The van der Waals surface area contributed by atoms with Crippen LogP contribution in [0.25, 0.3) is 11.4 Å². The summed E-state index contributed by atoms with van der Waals surface area (Å²) in [6.45, 7) is 5.25. The second kappa shape index (κ2) is 9.54. The van der Waals surface area contributed by atoms with Gasteiger partial charge in [0.05, 0.1) is 24.0 Å². The van der Waals surface area contributed by atoms with E-state index < -0.39 is 0 Å². The van der Waals surface area contributed by atoms with E-state index in [1.165, 1.54) is 11.8 Å². The molecule has 3 aromatic rings. The maximum atomic E-state index is 12.8. The van der Waals surface area contributed by atoms with Gasteiger partial charge in [-0.3, -0.25) is 9.78 Å². The molecule has 0 spiro atoms. The monoisotopic (exact) mass is 451 g/mol. The smallest absolute Gasteiger partial charge is 0.235 e. The van der Waals surface area contributed by atoms with E-state index in [1.807, 2.05) is 42.2 Å². The standard InChI is InChI=1S/C22H25N7O2S/c1-14-15(2)29(12-17-5-4-10-31-17)21(18(14)11-23)25-19(30)13-32-22-27-26-20(28(22)3)16-6-8-24-9-7-16/h6-9,17H,4-5,10,12-13H2,1-3H3,(H,25,30)/t17-/m0/s1. The predicted molar refractivity (Wildman–Crippen MR) is 121 cm³/mol. The van der Waals surface area contributed by atoms with Crippen LogP contribution in [0, 0.1) is 25.2 Å². The molecule has 3 aromatic heterocycles. The third-order valence-electron chi connectivity index (χ3n) is 5.71. The van der Waals surface area contributed by atoms with Gasteiger partial charge in [-0.05, 0) is 44.4 Å². The van der Waals surface area contributed by atoms with E-state index in [-0.39, 0.29) is 17.8 Å². The van der Waals surface area contributed by atoms with E-state index in [9.17, 15) is 10.1 Å². The van der Waals surface area contributed by atoms with Crippen molar-refractivity contribution in [2.24, 2.45) is 7.05 Å². The number of carbonyl (C=O) groups excluding carboxylic acids is 1. The van der Waals surface area contributed by atoms with Crippen molar-refractivity contribution in [3.05, 3.63) is 41.3 Å². The largest absolute Gasteiger partial charge is 0.376 e. The molecule has 1 atom stereocenters. The summed E-state index contributed by atoms with van der Waals surface area (Å²) in [4.78, 5) is 16.8. The number of ether oxygens (including phenoxy) is 1. The van der Waals surface area contributed by atoms with Gasteiger partial charge >= 0.3 is 0 Å². The van der Waals surface area contributed by atoms with Crippen molar-refractivity contribution < 1.29 is 9.53 Å². The summed E-state index contributed by atoms with van der Waals surface area (Å²) < 4.78 is 9.62. The number of rotatable bonds is 7. The van der Waals surface area contributed by atoms with Crippen LogP contribution in [-0.4, -0.2) is 48.7 Å². The number of nitrogens with one attached hydrogen (secondary N) is 1. The molecule has 4 heterocycles. The van der Waals surface area contributed by atoms with Crippen LogP contribution in [0.5, 0.6) is 0 Å². The molecule has 1 N–H and O–H groups in total. The van der Waals surface area contributed by atoms with Crippen LogP contribution in [0.15, 0.2) is 29.7 Å². The molecule has 0 bridgehead atoms. The lowest BCUT2D eigenvalue weighted by atomic mass is 10.2. The summed E-state index contributed by atoms with van der Waals surface area (Å²) in [5, 5.41) is 21.7. The number of pyridine rings is 1.